The largest absolute Gasteiger partial charge is 0.496 e. The monoisotopic (exact) mass is 404 g/mol. The van der Waals surface area contributed by atoms with E-state index in [9.17, 15) is 0 Å². The van der Waals surface area contributed by atoms with Crippen LogP contribution in [-0.4, -0.2) is 38.4 Å². The van der Waals surface area contributed by atoms with Crippen LogP contribution in [0, 0.1) is 18.2 Å². The Balaban J connectivity index is 1.52. The summed E-state index contributed by atoms with van der Waals surface area (Å²) in [5, 5.41) is 20.4. The van der Waals surface area contributed by atoms with Gasteiger partial charge in [0.25, 0.3) is 6.71 Å². The molecule has 7 nitrogen and oxygen atoms in total. The van der Waals surface area contributed by atoms with Crippen molar-refractivity contribution in [2.45, 2.75) is 38.4 Å². The summed E-state index contributed by atoms with van der Waals surface area (Å²) in [6, 6.07) is 2.47. The maximum Gasteiger partial charge on any atom is 0.268 e. The normalized spacial score (nSPS) is 15.3. The lowest BCUT2D eigenvalue weighted by molar-refractivity contribution is 0.414. The zero-order valence-corrected chi connectivity index (χ0v) is 17.5. The molecule has 146 valence electrons. The van der Waals surface area contributed by atoms with Crippen molar-refractivity contribution < 1.29 is 4.74 Å². The summed E-state index contributed by atoms with van der Waals surface area (Å²) in [4.78, 5) is 5.81. The van der Waals surface area contributed by atoms with Crippen LogP contribution in [0.3, 0.4) is 0 Å². The molecule has 0 amide bonds. The van der Waals surface area contributed by atoms with E-state index in [1.807, 2.05) is 24.9 Å². The minimum atomic E-state index is 0.200. The van der Waals surface area contributed by atoms with Crippen molar-refractivity contribution in [1.82, 2.24) is 24.5 Å². The molecule has 1 aliphatic heterocycles. The van der Waals surface area contributed by atoms with Crippen molar-refractivity contribution in [2.24, 2.45) is 7.05 Å². The minimum Gasteiger partial charge on any atom is -0.496 e. The molecular weight excluding hydrogens is 383 g/mol. The Labute approximate surface area is 173 Å². The smallest absolute Gasteiger partial charge is 0.268 e. The van der Waals surface area contributed by atoms with Gasteiger partial charge in [0, 0.05) is 30.2 Å². The highest BCUT2D eigenvalue weighted by atomic mass is 32.1. The van der Waals surface area contributed by atoms with E-state index in [0.29, 0.717) is 6.04 Å². The standard InChI is InChI=1S/C20H21BN6OS/c1-12-17-13(9-26(2)24-17)8-15(18(12)28-3)19-23-16-10-27(25-20(16)29-19)14-4-6-21(11-22)7-5-14/h8-10,14H,4-7H2,1-3H3. The van der Waals surface area contributed by atoms with Crippen molar-refractivity contribution in [2.75, 3.05) is 7.11 Å². The molecule has 1 fully saturated rings. The second kappa shape index (κ2) is 6.88. The molecule has 9 heteroatoms. The molecular formula is C20H21BN6OS. The van der Waals surface area contributed by atoms with Crippen molar-refractivity contribution in [3.05, 3.63) is 24.0 Å². The number of fused-ring (bicyclic) bond motifs is 2. The summed E-state index contributed by atoms with van der Waals surface area (Å²) < 4.78 is 9.60. The molecule has 29 heavy (non-hydrogen) atoms. The summed E-state index contributed by atoms with van der Waals surface area (Å²) in [7, 11) is 3.62. The molecule has 0 atom stereocenters. The van der Waals surface area contributed by atoms with Crippen molar-refractivity contribution in [3.63, 3.8) is 0 Å². The molecule has 1 aliphatic rings. The maximum absolute atomic E-state index is 9.10. The Bertz CT molecular complexity index is 1230. The fourth-order valence-electron chi connectivity index (χ4n) is 4.37. The van der Waals surface area contributed by atoms with Gasteiger partial charge in [0.2, 0.25) is 0 Å². The Morgan fingerprint density at radius 3 is 2.76 bits per heavy atom. The van der Waals surface area contributed by atoms with E-state index < -0.39 is 0 Å². The van der Waals surface area contributed by atoms with Gasteiger partial charge in [0.1, 0.15) is 16.3 Å². The molecule has 4 aromatic rings. The van der Waals surface area contributed by atoms with E-state index in [4.69, 9.17) is 20.1 Å². The first-order valence-electron chi connectivity index (χ1n) is 9.84. The van der Waals surface area contributed by atoms with Gasteiger partial charge in [-0.1, -0.05) is 24.0 Å². The van der Waals surface area contributed by atoms with E-state index in [0.717, 1.165) is 68.6 Å². The second-order valence-corrected chi connectivity index (χ2v) is 8.75. The lowest BCUT2D eigenvalue weighted by atomic mass is 9.42. The van der Waals surface area contributed by atoms with Crippen molar-refractivity contribution in [1.29, 1.82) is 5.26 Å². The van der Waals surface area contributed by atoms with Gasteiger partial charge in [-0.25, -0.2) is 10.2 Å². The SMILES string of the molecule is COc1c(-c2nc3cn(C4CCB(C#N)CC4)nc3s2)cc2cn(C)nc2c1C. The zero-order chi connectivity index (χ0) is 20.1. The van der Waals surface area contributed by atoms with Gasteiger partial charge < -0.3 is 4.74 Å². The maximum atomic E-state index is 9.10. The average Bonchev–Trinajstić information content (AvgIpc) is 3.40. The second-order valence-electron chi connectivity index (χ2n) is 7.78. The van der Waals surface area contributed by atoms with Gasteiger partial charge in [-0.05, 0) is 25.8 Å². The van der Waals surface area contributed by atoms with E-state index in [1.165, 1.54) is 0 Å². The zero-order valence-electron chi connectivity index (χ0n) is 16.7. The summed E-state index contributed by atoms with van der Waals surface area (Å²) in [5.41, 5.74) is 3.87. The Hall–Kier alpha value is -2.86. The molecule has 0 bridgehead atoms. The first-order valence-corrected chi connectivity index (χ1v) is 10.7. The molecule has 0 radical (unpaired) electrons. The first-order chi connectivity index (χ1) is 14.1. The van der Waals surface area contributed by atoms with Crippen LogP contribution in [0.2, 0.25) is 12.6 Å². The van der Waals surface area contributed by atoms with Crippen LogP contribution in [-0.2, 0) is 7.05 Å². The number of hydrogen-bond acceptors (Lipinski definition) is 6. The first kappa shape index (κ1) is 18.2. The quantitative estimate of drug-likeness (QED) is 0.477. The fraction of sp³-hybridized carbons (Fsp3) is 0.400. The molecule has 1 saturated heterocycles. The number of nitriles is 1. The minimum absolute atomic E-state index is 0.200. The number of rotatable bonds is 3. The highest BCUT2D eigenvalue weighted by Gasteiger charge is 2.26. The number of thiazole rings is 1. The van der Waals surface area contributed by atoms with Crippen LogP contribution in [0.25, 0.3) is 31.8 Å². The van der Waals surface area contributed by atoms with Crippen LogP contribution in [0.15, 0.2) is 18.5 Å². The van der Waals surface area contributed by atoms with Crippen molar-refractivity contribution >= 4 is 39.3 Å². The fourth-order valence-corrected chi connectivity index (χ4v) is 5.29. The predicted octanol–water partition coefficient (Wildman–Crippen LogP) is 4.26. The highest BCUT2D eigenvalue weighted by molar-refractivity contribution is 7.21. The number of benzene rings is 1. The van der Waals surface area contributed by atoms with E-state index in [-0.39, 0.29) is 6.71 Å². The molecule has 0 unspecified atom stereocenters. The Kier molecular flexibility index (Phi) is 4.32. The average molecular weight is 404 g/mol. The molecule has 0 aliphatic carbocycles. The molecule has 0 N–H and O–H groups in total. The Morgan fingerprint density at radius 2 is 2.07 bits per heavy atom. The van der Waals surface area contributed by atoms with E-state index in [2.05, 4.69) is 28.0 Å². The lowest BCUT2D eigenvalue weighted by Gasteiger charge is -2.23. The molecule has 5 rings (SSSR count). The number of aryl methyl sites for hydroxylation is 2. The lowest BCUT2D eigenvalue weighted by Crippen LogP contribution is -2.22. The molecule has 0 saturated carbocycles. The summed E-state index contributed by atoms with van der Waals surface area (Å²) in [6.45, 7) is 2.24. The van der Waals surface area contributed by atoms with Crippen LogP contribution >= 0.6 is 11.3 Å². The van der Waals surface area contributed by atoms with Crippen LogP contribution < -0.4 is 4.74 Å². The van der Waals surface area contributed by atoms with Gasteiger partial charge in [-0.3, -0.25) is 9.36 Å². The number of methoxy groups -OCH3 is 1. The van der Waals surface area contributed by atoms with Crippen LogP contribution in [0.5, 0.6) is 5.75 Å². The third-order valence-corrected chi connectivity index (χ3v) is 6.87. The number of ether oxygens (including phenoxy) is 1. The third-order valence-electron chi connectivity index (χ3n) is 5.88. The molecule has 3 aromatic heterocycles. The van der Waals surface area contributed by atoms with Gasteiger partial charge in [-0.2, -0.15) is 10.2 Å². The van der Waals surface area contributed by atoms with Crippen LogP contribution in [0.1, 0.15) is 24.4 Å². The summed E-state index contributed by atoms with van der Waals surface area (Å²) in [6.07, 6.45) is 7.98. The number of hydrogen-bond donors (Lipinski definition) is 0. The predicted molar refractivity (Wildman–Crippen MR) is 116 cm³/mol. The van der Waals surface area contributed by atoms with Gasteiger partial charge in [0.05, 0.1) is 30.4 Å². The molecule has 4 heterocycles. The molecule has 0 spiro atoms. The van der Waals surface area contributed by atoms with E-state index in [1.54, 1.807) is 18.4 Å². The number of nitrogens with zero attached hydrogens (tertiary/aromatic N) is 6. The van der Waals surface area contributed by atoms with Gasteiger partial charge in [-0.15, -0.1) is 0 Å². The van der Waals surface area contributed by atoms with E-state index >= 15 is 0 Å². The van der Waals surface area contributed by atoms with Gasteiger partial charge in [0.15, 0.2) is 4.83 Å². The summed E-state index contributed by atoms with van der Waals surface area (Å²) in [5.74, 6) is 3.21. The van der Waals surface area contributed by atoms with Gasteiger partial charge >= 0.3 is 0 Å². The summed E-state index contributed by atoms with van der Waals surface area (Å²) >= 11 is 1.59. The number of aromatic nitrogens is 5. The molecule has 1 aromatic carbocycles. The Morgan fingerprint density at radius 1 is 1.28 bits per heavy atom. The third kappa shape index (κ3) is 2.99. The highest BCUT2D eigenvalue weighted by Crippen LogP contribution is 2.41. The topological polar surface area (TPSA) is 81.5 Å². The van der Waals surface area contributed by atoms with Crippen LogP contribution in [0.4, 0.5) is 0 Å². The van der Waals surface area contributed by atoms with Crippen molar-refractivity contribution in [3.8, 4) is 22.3 Å².